The molecule has 2 saturated heterocycles. The third-order valence-corrected chi connectivity index (χ3v) is 10.7. The number of nitrogens with one attached hydrogen (secondary N) is 2. The zero-order valence-corrected chi connectivity index (χ0v) is 30.8. The molecule has 0 radical (unpaired) electrons. The molecular weight excluding hydrogens is 684 g/mol. The third-order valence-electron chi connectivity index (χ3n) is 10.3. The summed E-state index contributed by atoms with van der Waals surface area (Å²) < 4.78 is 14.2. The highest BCUT2D eigenvalue weighted by Gasteiger charge is 2.50. The Morgan fingerprint density at radius 3 is 2.48 bits per heavy atom. The monoisotopic (exact) mass is 724 g/mol. The number of nitrogens with zero attached hydrogens (tertiary/aromatic N) is 6. The maximum atomic E-state index is 13.1. The van der Waals surface area contributed by atoms with E-state index in [0.717, 1.165) is 69.7 Å². The number of morpholine rings is 1. The van der Waals surface area contributed by atoms with Gasteiger partial charge in [0.1, 0.15) is 29.7 Å². The van der Waals surface area contributed by atoms with Crippen LogP contribution in [0.25, 0.3) is 33.4 Å². The highest BCUT2D eigenvalue weighted by molar-refractivity contribution is 6.36. The minimum Gasteiger partial charge on any atom is -0.481 e. The number of hydrogen-bond donors (Lipinski definition) is 2. The van der Waals surface area contributed by atoms with Gasteiger partial charge in [-0.3, -0.25) is 23.6 Å². The van der Waals surface area contributed by atoms with Crippen molar-refractivity contribution in [3.8, 4) is 28.3 Å². The smallest absolute Gasteiger partial charge is 0.332 e. The van der Waals surface area contributed by atoms with Crippen molar-refractivity contribution in [1.82, 2.24) is 34.3 Å². The van der Waals surface area contributed by atoms with Gasteiger partial charge in [-0.1, -0.05) is 55.8 Å². The van der Waals surface area contributed by atoms with E-state index in [0.29, 0.717) is 23.3 Å². The summed E-state index contributed by atoms with van der Waals surface area (Å²) in [5.41, 5.74) is 6.07. The van der Waals surface area contributed by atoms with E-state index >= 15 is 0 Å². The Labute approximate surface area is 305 Å². The SMILES string of the molecule is CC.COc1nc(-c2cccc(-c3cccc(Nc4ncnc5c4c(=O)n(C)c(=O)n5C)c3C)c2Cl)cc2c1C(N1CC3(CNC(=O)CO3)C1)CC2. The maximum absolute atomic E-state index is 13.1. The lowest BCUT2D eigenvalue weighted by atomic mass is 9.89. The number of benzene rings is 2. The fourth-order valence-electron chi connectivity index (χ4n) is 7.56. The summed E-state index contributed by atoms with van der Waals surface area (Å²) in [6, 6.07) is 14.0. The molecule has 1 amide bonds. The largest absolute Gasteiger partial charge is 0.481 e. The maximum Gasteiger partial charge on any atom is 0.332 e. The molecule has 2 N–H and O–H groups in total. The van der Waals surface area contributed by atoms with Crippen LogP contribution < -0.4 is 26.6 Å². The molecule has 1 aliphatic carbocycles. The molecule has 5 heterocycles. The van der Waals surface area contributed by atoms with E-state index in [1.54, 1.807) is 14.2 Å². The van der Waals surface area contributed by atoms with E-state index in [1.165, 1.54) is 23.5 Å². The van der Waals surface area contributed by atoms with E-state index in [9.17, 15) is 14.4 Å². The predicted molar refractivity (Wildman–Crippen MR) is 200 cm³/mol. The molecule has 0 bridgehead atoms. The summed E-state index contributed by atoms with van der Waals surface area (Å²) in [7, 11) is 4.65. The number of ether oxygens (including phenoxy) is 2. The first-order valence-corrected chi connectivity index (χ1v) is 17.8. The quantitative estimate of drug-likeness (QED) is 0.253. The summed E-state index contributed by atoms with van der Waals surface area (Å²) in [6.07, 6.45) is 3.15. The Hall–Kier alpha value is -5.11. The second kappa shape index (κ2) is 13.8. The Bertz CT molecular complexity index is 2340. The number of rotatable bonds is 6. The van der Waals surface area contributed by atoms with Gasteiger partial charge in [0, 0.05) is 62.1 Å². The van der Waals surface area contributed by atoms with Crippen molar-refractivity contribution in [2.24, 2.45) is 14.1 Å². The van der Waals surface area contributed by atoms with Crippen molar-refractivity contribution in [3.05, 3.63) is 91.3 Å². The lowest BCUT2D eigenvalue weighted by Crippen LogP contribution is -2.70. The van der Waals surface area contributed by atoms with Gasteiger partial charge < -0.3 is 20.1 Å². The summed E-state index contributed by atoms with van der Waals surface area (Å²) in [5.74, 6) is 0.814. The number of anilines is 2. The minimum atomic E-state index is -0.485. The van der Waals surface area contributed by atoms with E-state index in [1.807, 2.05) is 57.2 Å². The lowest BCUT2D eigenvalue weighted by molar-refractivity contribution is -0.179. The first-order chi connectivity index (χ1) is 25.1. The number of carbonyl (C=O) groups excluding carboxylic acids is 1. The fourth-order valence-corrected chi connectivity index (χ4v) is 7.88. The van der Waals surface area contributed by atoms with Crippen LogP contribution >= 0.6 is 11.6 Å². The molecule has 2 aromatic carbocycles. The van der Waals surface area contributed by atoms with Crippen molar-refractivity contribution in [1.29, 1.82) is 0 Å². The van der Waals surface area contributed by atoms with Crippen molar-refractivity contribution >= 4 is 40.0 Å². The minimum absolute atomic E-state index is 0.0693. The number of halogens is 1. The predicted octanol–water partition coefficient (Wildman–Crippen LogP) is 4.68. The number of carbonyl (C=O) groups is 1. The second-order valence-electron chi connectivity index (χ2n) is 13.2. The van der Waals surface area contributed by atoms with Crippen molar-refractivity contribution < 1.29 is 14.3 Å². The van der Waals surface area contributed by atoms with Gasteiger partial charge in [0.05, 0.1) is 17.8 Å². The van der Waals surface area contributed by atoms with Crippen LogP contribution in [0.3, 0.4) is 0 Å². The Balaban J connectivity index is 0.00000207. The number of aromatic nitrogens is 5. The zero-order chi connectivity index (χ0) is 36.9. The van der Waals surface area contributed by atoms with Gasteiger partial charge in [0.25, 0.3) is 5.56 Å². The Morgan fingerprint density at radius 2 is 1.75 bits per heavy atom. The number of aryl methyl sites for hydroxylation is 2. The van der Waals surface area contributed by atoms with Crippen LogP contribution in [0.5, 0.6) is 5.88 Å². The molecule has 1 spiro atoms. The van der Waals surface area contributed by atoms with Gasteiger partial charge in [0.2, 0.25) is 11.8 Å². The summed E-state index contributed by atoms with van der Waals surface area (Å²) in [4.78, 5) is 53.2. The average Bonchev–Trinajstić information content (AvgIpc) is 3.58. The molecule has 3 aliphatic rings. The van der Waals surface area contributed by atoms with Crippen LogP contribution in [-0.4, -0.2) is 73.8 Å². The third kappa shape index (κ3) is 5.82. The van der Waals surface area contributed by atoms with Gasteiger partial charge in [-0.2, -0.15) is 0 Å². The highest BCUT2D eigenvalue weighted by Crippen LogP contribution is 2.47. The highest BCUT2D eigenvalue weighted by atomic mass is 35.5. The molecule has 1 unspecified atom stereocenters. The van der Waals surface area contributed by atoms with E-state index < -0.39 is 11.2 Å². The molecule has 2 fully saturated rings. The standard InChI is InChI=1S/C36H35ClN8O5.C2H6/c1-19-21(7-6-10-24(19)41-31-29-32(40-18-39-31)43(2)35(48)44(3)34(29)47)22-8-5-9-23(30(22)37)25-13-20-11-12-26(28(20)33(42-25)49-4)45-16-36(17-45)15-38-27(46)14-50-36;1-2/h5-10,13,18,26H,11-12,14-17H2,1-4H3,(H,38,46)(H,39,40,41);1-2H3. The molecular formula is C38H41ClN8O5. The van der Waals surface area contributed by atoms with Crippen molar-refractivity contribution in [2.45, 2.75) is 45.3 Å². The first-order valence-electron chi connectivity index (χ1n) is 17.4. The van der Waals surface area contributed by atoms with Crippen molar-refractivity contribution in [2.75, 3.05) is 38.7 Å². The molecule has 1 atom stereocenters. The lowest BCUT2D eigenvalue weighted by Gasteiger charge is -2.53. The van der Waals surface area contributed by atoms with Crippen LogP contribution in [0, 0.1) is 6.92 Å². The molecule has 52 heavy (non-hydrogen) atoms. The van der Waals surface area contributed by atoms with Crippen LogP contribution in [0.1, 0.15) is 43.0 Å². The van der Waals surface area contributed by atoms with E-state index in [4.69, 9.17) is 26.1 Å². The molecule has 2 aliphatic heterocycles. The normalized spacial score (nSPS) is 17.6. The van der Waals surface area contributed by atoms with Gasteiger partial charge >= 0.3 is 5.69 Å². The summed E-state index contributed by atoms with van der Waals surface area (Å²) in [5, 5.41) is 7.01. The van der Waals surface area contributed by atoms with Crippen molar-refractivity contribution in [3.63, 3.8) is 0 Å². The van der Waals surface area contributed by atoms with Crippen LogP contribution in [-0.2, 0) is 30.0 Å². The fraction of sp³-hybridized carbons (Fsp3) is 0.368. The molecule has 8 rings (SSSR count). The zero-order valence-electron chi connectivity index (χ0n) is 30.0. The number of pyridine rings is 1. The van der Waals surface area contributed by atoms with Crippen LogP contribution in [0.15, 0.2) is 58.4 Å². The number of fused-ring (bicyclic) bond motifs is 2. The number of hydrogen-bond acceptors (Lipinski definition) is 10. The number of methoxy groups -OCH3 is 1. The van der Waals surface area contributed by atoms with Crippen LogP contribution in [0.2, 0.25) is 5.02 Å². The van der Waals surface area contributed by atoms with Gasteiger partial charge in [0.15, 0.2) is 5.65 Å². The topological polar surface area (TPSA) is 146 Å². The Morgan fingerprint density at radius 1 is 1.02 bits per heavy atom. The molecule has 0 saturated carbocycles. The first kappa shape index (κ1) is 35.3. The number of likely N-dealkylation sites (tertiary alicyclic amines) is 1. The summed E-state index contributed by atoms with van der Waals surface area (Å²) in [6.45, 7) is 8.09. The van der Waals surface area contributed by atoms with Gasteiger partial charge in [-0.25, -0.2) is 19.7 Å². The molecule has 13 nitrogen and oxygen atoms in total. The average molecular weight is 725 g/mol. The van der Waals surface area contributed by atoms with E-state index in [-0.39, 0.29) is 35.2 Å². The van der Waals surface area contributed by atoms with Gasteiger partial charge in [-0.05, 0) is 48.6 Å². The molecule has 14 heteroatoms. The molecule has 270 valence electrons. The van der Waals surface area contributed by atoms with Gasteiger partial charge in [-0.15, -0.1) is 0 Å². The number of amides is 1. The van der Waals surface area contributed by atoms with Crippen LogP contribution in [0.4, 0.5) is 11.5 Å². The summed E-state index contributed by atoms with van der Waals surface area (Å²) >= 11 is 7.21. The Kier molecular flexibility index (Phi) is 9.36. The van der Waals surface area contributed by atoms with E-state index in [2.05, 4.69) is 31.6 Å². The second-order valence-corrected chi connectivity index (χ2v) is 13.6. The molecule has 3 aromatic heterocycles. The molecule has 5 aromatic rings.